The van der Waals surface area contributed by atoms with Crippen molar-refractivity contribution in [2.45, 2.75) is 26.7 Å². The molecule has 1 amide bonds. The highest BCUT2D eigenvalue weighted by atomic mass is 79.9. The van der Waals surface area contributed by atoms with Crippen LogP contribution in [0.3, 0.4) is 0 Å². The first kappa shape index (κ1) is 11.9. The van der Waals surface area contributed by atoms with Crippen molar-refractivity contribution in [2.75, 3.05) is 18.9 Å². The molecule has 0 unspecified atom stereocenters. The normalized spacial score (nSPS) is 10.4. The smallest absolute Gasteiger partial charge is 0.222 e. The van der Waals surface area contributed by atoms with E-state index in [0.29, 0.717) is 12.3 Å². The van der Waals surface area contributed by atoms with E-state index < -0.39 is 0 Å². The third-order valence-electron chi connectivity index (χ3n) is 1.64. The lowest BCUT2D eigenvalue weighted by molar-refractivity contribution is -0.130. The standard InChI is InChI=1S/C9H18BrNO/c1-8(2)7-9(12)11(3)6-4-5-10/h8H,4-7H2,1-3H3. The van der Waals surface area contributed by atoms with E-state index in [1.807, 2.05) is 7.05 Å². The topological polar surface area (TPSA) is 20.3 Å². The quantitative estimate of drug-likeness (QED) is 0.670. The summed E-state index contributed by atoms with van der Waals surface area (Å²) in [6.07, 6.45) is 1.69. The van der Waals surface area contributed by atoms with Crippen LogP contribution in [0.5, 0.6) is 0 Å². The number of hydrogen-bond donors (Lipinski definition) is 0. The van der Waals surface area contributed by atoms with Crippen molar-refractivity contribution >= 4 is 21.8 Å². The first-order valence-corrected chi connectivity index (χ1v) is 5.50. The Hall–Kier alpha value is -0.0500. The van der Waals surface area contributed by atoms with E-state index in [9.17, 15) is 4.79 Å². The summed E-state index contributed by atoms with van der Waals surface area (Å²) in [5.74, 6) is 0.717. The second-order valence-corrected chi connectivity index (χ2v) is 4.25. The number of nitrogens with zero attached hydrogens (tertiary/aromatic N) is 1. The Balaban J connectivity index is 3.61. The zero-order valence-electron chi connectivity index (χ0n) is 8.14. The summed E-state index contributed by atoms with van der Waals surface area (Å²) in [6.45, 7) is 4.99. The summed E-state index contributed by atoms with van der Waals surface area (Å²) in [6, 6.07) is 0. The Bertz CT molecular complexity index is 136. The monoisotopic (exact) mass is 235 g/mol. The summed E-state index contributed by atoms with van der Waals surface area (Å²) in [7, 11) is 1.87. The third-order valence-corrected chi connectivity index (χ3v) is 2.20. The zero-order chi connectivity index (χ0) is 9.56. The minimum Gasteiger partial charge on any atom is -0.346 e. The average molecular weight is 236 g/mol. The van der Waals surface area contributed by atoms with E-state index in [4.69, 9.17) is 0 Å². The molecule has 0 aromatic heterocycles. The van der Waals surface area contributed by atoms with Crippen LogP contribution in [0.1, 0.15) is 26.7 Å². The summed E-state index contributed by atoms with van der Waals surface area (Å²) in [5.41, 5.74) is 0. The molecule has 0 radical (unpaired) electrons. The molecule has 72 valence electrons. The van der Waals surface area contributed by atoms with Gasteiger partial charge in [0.2, 0.25) is 5.91 Å². The average Bonchev–Trinajstić information content (AvgIpc) is 1.98. The second kappa shape index (κ2) is 6.46. The van der Waals surface area contributed by atoms with Gasteiger partial charge in [0.15, 0.2) is 0 Å². The van der Waals surface area contributed by atoms with E-state index in [1.165, 1.54) is 0 Å². The van der Waals surface area contributed by atoms with Gasteiger partial charge in [-0.2, -0.15) is 0 Å². The van der Waals surface area contributed by atoms with Gasteiger partial charge in [-0.15, -0.1) is 0 Å². The molecule has 0 heterocycles. The Morgan fingerprint density at radius 3 is 2.50 bits per heavy atom. The molecule has 0 aliphatic carbocycles. The van der Waals surface area contributed by atoms with Crippen molar-refractivity contribution in [1.82, 2.24) is 4.90 Å². The van der Waals surface area contributed by atoms with Gasteiger partial charge in [-0.3, -0.25) is 4.79 Å². The van der Waals surface area contributed by atoms with Crippen LogP contribution in [-0.4, -0.2) is 29.7 Å². The summed E-state index contributed by atoms with van der Waals surface area (Å²) in [4.78, 5) is 13.2. The highest BCUT2D eigenvalue weighted by Gasteiger charge is 2.09. The van der Waals surface area contributed by atoms with Gasteiger partial charge in [-0.1, -0.05) is 29.8 Å². The van der Waals surface area contributed by atoms with Gasteiger partial charge in [-0.25, -0.2) is 0 Å². The molecule has 0 aliphatic rings. The molecule has 0 saturated heterocycles. The third kappa shape index (κ3) is 5.58. The Morgan fingerprint density at radius 2 is 2.08 bits per heavy atom. The molecule has 0 spiro atoms. The predicted molar refractivity (Wildman–Crippen MR) is 55.5 cm³/mol. The molecule has 0 atom stereocenters. The first-order chi connectivity index (χ1) is 5.57. The largest absolute Gasteiger partial charge is 0.346 e. The predicted octanol–water partition coefficient (Wildman–Crippen LogP) is 2.28. The lowest BCUT2D eigenvalue weighted by Gasteiger charge is -2.17. The van der Waals surface area contributed by atoms with E-state index in [2.05, 4.69) is 29.8 Å². The van der Waals surface area contributed by atoms with Crippen molar-refractivity contribution in [1.29, 1.82) is 0 Å². The maximum absolute atomic E-state index is 11.4. The lowest BCUT2D eigenvalue weighted by Crippen LogP contribution is -2.28. The number of hydrogen-bond acceptors (Lipinski definition) is 1. The molecular formula is C9H18BrNO. The fourth-order valence-corrected chi connectivity index (χ4v) is 1.18. The highest BCUT2D eigenvalue weighted by Crippen LogP contribution is 2.03. The number of alkyl halides is 1. The van der Waals surface area contributed by atoms with E-state index in [-0.39, 0.29) is 5.91 Å². The second-order valence-electron chi connectivity index (χ2n) is 3.46. The van der Waals surface area contributed by atoms with Crippen LogP contribution < -0.4 is 0 Å². The number of rotatable bonds is 5. The van der Waals surface area contributed by atoms with Crippen molar-refractivity contribution in [3.8, 4) is 0 Å². The molecule has 0 bridgehead atoms. The molecule has 2 nitrogen and oxygen atoms in total. The van der Waals surface area contributed by atoms with Gasteiger partial charge in [0, 0.05) is 25.3 Å². The molecule has 0 saturated carbocycles. The summed E-state index contributed by atoms with van der Waals surface area (Å²) >= 11 is 3.34. The molecule has 0 rings (SSSR count). The van der Waals surface area contributed by atoms with Crippen LogP contribution >= 0.6 is 15.9 Å². The van der Waals surface area contributed by atoms with Gasteiger partial charge >= 0.3 is 0 Å². The number of carbonyl (C=O) groups excluding carboxylic acids is 1. The maximum atomic E-state index is 11.4. The lowest BCUT2D eigenvalue weighted by atomic mass is 10.1. The van der Waals surface area contributed by atoms with Crippen molar-refractivity contribution in [3.05, 3.63) is 0 Å². The van der Waals surface area contributed by atoms with Gasteiger partial charge < -0.3 is 4.90 Å². The Kier molecular flexibility index (Phi) is 6.44. The number of carbonyl (C=O) groups is 1. The van der Waals surface area contributed by atoms with Crippen LogP contribution in [0.15, 0.2) is 0 Å². The first-order valence-electron chi connectivity index (χ1n) is 4.37. The molecule has 0 aromatic carbocycles. The molecule has 0 aliphatic heterocycles. The summed E-state index contributed by atoms with van der Waals surface area (Å²) < 4.78 is 0. The van der Waals surface area contributed by atoms with Crippen LogP contribution in [-0.2, 0) is 4.79 Å². The number of amides is 1. The van der Waals surface area contributed by atoms with Crippen LogP contribution in [0.2, 0.25) is 0 Å². The Labute approximate surface area is 83.4 Å². The van der Waals surface area contributed by atoms with Crippen LogP contribution in [0.25, 0.3) is 0 Å². The highest BCUT2D eigenvalue weighted by molar-refractivity contribution is 9.09. The van der Waals surface area contributed by atoms with Gasteiger partial charge in [0.1, 0.15) is 0 Å². The minimum atomic E-state index is 0.256. The molecule has 12 heavy (non-hydrogen) atoms. The molecule has 0 aromatic rings. The fraction of sp³-hybridized carbons (Fsp3) is 0.889. The maximum Gasteiger partial charge on any atom is 0.222 e. The van der Waals surface area contributed by atoms with E-state index in [1.54, 1.807) is 4.90 Å². The van der Waals surface area contributed by atoms with Crippen molar-refractivity contribution in [3.63, 3.8) is 0 Å². The van der Waals surface area contributed by atoms with Crippen molar-refractivity contribution in [2.24, 2.45) is 5.92 Å². The number of halogens is 1. The van der Waals surface area contributed by atoms with Gasteiger partial charge in [0.25, 0.3) is 0 Å². The molecular weight excluding hydrogens is 218 g/mol. The van der Waals surface area contributed by atoms with Crippen LogP contribution in [0.4, 0.5) is 0 Å². The molecule has 3 heteroatoms. The molecule has 0 fully saturated rings. The van der Waals surface area contributed by atoms with Gasteiger partial charge in [-0.05, 0) is 12.3 Å². The van der Waals surface area contributed by atoms with Crippen molar-refractivity contribution < 1.29 is 4.79 Å². The molecule has 0 N–H and O–H groups in total. The van der Waals surface area contributed by atoms with Gasteiger partial charge in [0.05, 0.1) is 0 Å². The minimum absolute atomic E-state index is 0.256. The van der Waals surface area contributed by atoms with E-state index >= 15 is 0 Å². The van der Waals surface area contributed by atoms with E-state index in [0.717, 1.165) is 18.3 Å². The SMILES string of the molecule is CC(C)CC(=O)N(C)CCCBr. The summed E-state index contributed by atoms with van der Waals surface area (Å²) in [5, 5.41) is 0.965. The fourth-order valence-electron chi connectivity index (χ4n) is 0.927. The van der Waals surface area contributed by atoms with Crippen LogP contribution in [0, 0.1) is 5.92 Å². The Morgan fingerprint density at radius 1 is 1.50 bits per heavy atom. The zero-order valence-corrected chi connectivity index (χ0v) is 9.73.